The third-order valence-corrected chi connectivity index (χ3v) is 4.53. The summed E-state index contributed by atoms with van der Waals surface area (Å²) in [6, 6.07) is 3.37. The molecule has 0 atom stereocenters. The summed E-state index contributed by atoms with van der Waals surface area (Å²) in [6.45, 7) is 0. The average Bonchev–Trinajstić information content (AvgIpc) is 2.99. The van der Waals surface area contributed by atoms with Crippen LogP contribution in [0, 0.1) is 0 Å². The summed E-state index contributed by atoms with van der Waals surface area (Å²) in [5, 5.41) is 3.33. The van der Waals surface area contributed by atoms with E-state index in [1.54, 1.807) is 18.3 Å². The number of hydrogen-bond acceptors (Lipinski definition) is 4. The summed E-state index contributed by atoms with van der Waals surface area (Å²) >= 11 is 1.45. The second-order valence-corrected chi connectivity index (χ2v) is 5.73. The summed E-state index contributed by atoms with van der Waals surface area (Å²) in [7, 11) is 0. The summed E-state index contributed by atoms with van der Waals surface area (Å²) in [5.41, 5.74) is 7.38. The van der Waals surface area contributed by atoms with Crippen LogP contribution in [0.5, 0.6) is 0 Å². The van der Waals surface area contributed by atoms with Crippen LogP contribution in [0.3, 0.4) is 0 Å². The van der Waals surface area contributed by atoms with Crippen molar-refractivity contribution in [2.75, 3.05) is 5.32 Å². The first-order chi connectivity index (χ1) is 9.66. The highest BCUT2D eigenvalue weighted by molar-refractivity contribution is 7.17. The first kappa shape index (κ1) is 12.8. The van der Waals surface area contributed by atoms with Gasteiger partial charge in [0.2, 0.25) is 0 Å². The molecule has 2 aromatic heterocycles. The second kappa shape index (κ2) is 5.05. The van der Waals surface area contributed by atoms with Crippen LogP contribution in [-0.4, -0.2) is 16.8 Å². The lowest BCUT2D eigenvalue weighted by molar-refractivity contribution is 0.100. The zero-order valence-electron chi connectivity index (χ0n) is 10.7. The molecule has 0 aromatic carbocycles. The number of amides is 2. The van der Waals surface area contributed by atoms with Gasteiger partial charge in [-0.2, -0.15) is 0 Å². The number of hydrogen-bond donors (Lipinski definition) is 2. The molecule has 0 saturated heterocycles. The highest BCUT2D eigenvalue weighted by Gasteiger charge is 2.26. The van der Waals surface area contributed by atoms with E-state index in [1.165, 1.54) is 17.5 Å². The smallest absolute Gasteiger partial charge is 0.257 e. The SMILES string of the molecule is NC(=O)c1c(NC(=O)c2cccnc2)sc2c1CCC2. The van der Waals surface area contributed by atoms with Gasteiger partial charge in [-0.3, -0.25) is 14.6 Å². The Bertz CT molecular complexity index is 679. The first-order valence-corrected chi connectivity index (χ1v) is 7.14. The molecule has 0 spiro atoms. The van der Waals surface area contributed by atoms with Crippen molar-refractivity contribution in [1.29, 1.82) is 0 Å². The molecular formula is C14H13N3O2S. The van der Waals surface area contributed by atoms with Gasteiger partial charge in [0.25, 0.3) is 11.8 Å². The molecule has 0 aliphatic heterocycles. The van der Waals surface area contributed by atoms with Gasteiger partial charge < -0.3 is 11.1 Å². The van der Waals surface area contributed by atoms with E-state index in [9.17, 15) is 9.59 Å². The van der Waals surface area contributed by atoms with Crippen molar-refractivity contribution in [1.82, 2.24) is 4.98 Å². The molecule has 0 saturated carbocycles. The van der Waals surface area contributed by atoms with E-state index in [0.29, 0.717) is 16.1 Å². The molecule has 3 N–H and O–H groups in total. The fraction of sp³-hybridized carbons (Fsp3) is 0.214. The summed E-state index contributed by atoms with van der Waals surface area (Å²) < 4.78 is 0. The Morgan fingerprint density at radius 3 is 2.90 bits per heavy atom. The number of anilines is 1. The minimum atomic E-state index is -0.481. The van der Waals surface area contributed by atoms with Crippen molar-refractivity contribution < 1.29 is 9.59 Å². The Morgan fingerprint density at radius 1 is 1.35 bits per heavy atom. The zero-order valence-corrected chi connectivity index (χ0v) is 11.5. The molecule has 2 aromatic rings. The van der Waals surface area contributed by atoms with Gasteiger partial charge in [-0.05, 0) is 37.0 Å². The Labute approximate surface area is 119 Å². The topological polar surface area (TPSA) is 85.1 Å². The Hall–Kier alpha value is -2.21. The fourth-order valence-electron chi connectivity index (χ4n) is 2.43. The predicted molar refractivity (Wildman–Crippen MR) is 77.1 cm³/mol. The molecule has 2 amide bonds. The van der Waals surface area contributed by atoms with Crippen LogP contribution >= 0.6 is 11.3 Å². The van der Waals surface area contributed by atoms with Gasteiger partial charge in [0, 0.05) is 17.3 Å². The number of aromatic nitrogens is 1. The van der Waals surface area contributed by atoms with Crippen LogP contribution in [0.15, 0.2) is 24.5 Å². The molecule has 1 aliphatic carbocycles. The van der Waals surface area contributed by atoms with Crippen LogP contribution in [0.25, 0.3) is 0 Å². The summed E-state index contributed by atoms with van der Waals surface area (Å²) in [5.74, 6) is -0.758. The molecule has 0 unspecified atom stereocenters. The van der Waals surface area contributed by atoms with E-state index in [0.717, 1.165) is 29.7 Å². The Morgan fingerprint density at radius 2 is 2.20 bits per heavy atom. The van der Waals surface area contributed by atoms with Crippen LogP contribution in [0.4, 0.5) is 5.00 Å². The average molecular weight is 287 g/mol. The van der Waals surface area contributed by atoms with E-state index in [4.69, 9.17) is 5.73 Å². The van der Waals surface area contributed by atoms with E-state index < -0.39 is 5.91 Å². The van der Waals surface area contributed by atoms with Gasteiger partial charge in [-0.15, -0.1) is 11.3 Å². The van der Waals surface area contributed by atoms with Gasteiger partial charge in [0.1, 0.15) is 5.00 Å². The number of rotatable bonds is 3. The minimum Gasteiger partial charge on any atom is -0.365 e. The number of primary amides is 1. The number of aryl methyl sites for hydroxylation is 1. The predicted octanol–water partition coefficient (Wildman–Crippen LogP) is 1.98. The lowest BCUT2D eigenvalue weighted by Crippen LogP contribution is -2.17. The summed E-state index contributed by atoms with van der Waals surface area (Å²) in [4.78, 5) is 28.8. The molecule has 102 valence electrons. The number of nitrogens with two attached hydrogens (primary N) is 1. The van der Waals surface area contributed by atoms with Crippen LogP contribution < -0.4 is 11.1 Å². The number of fused-ring (bicyclic) bond motifs is 1. The van der Waals surface area contributed by atoms with Gasteiger partial charge in [-0.1, -0.05) is 0 Å². The van der Waals surface area contributed by atoms with E-state index >= 15 is 0 Å². The molecule has 20 heavy (non-hydrogen) atoms. The maximum Gasteiger partial charge on any atom is 0.257 e. The standard InChI is InChI=1S/C14H13N3O2S/c15-12(18)11-9-4-1-5-10(9)20-14(11)17-13(19)8-3-2-6-16-7-8/h2-3,6-7H,1,4-5H2,(H2,15,18)(H,17,19). The summed E-state index contributed by atoms with van der Waals surface area (Å²) in [6.07, 6.45) is 5.93. The normalized spacial score (nSPS) is 13.0. The largest absolute Gasteiger partial charge is 0.365 e. The van der Waals surface area contributed by atoms with Gasteiger partial charge >= 0.3 is 0 Å². The first-order valence-electron chi connectivity index (χ1n) is 6.32. The molecule has 5 nitrogen and oxygen atoms in total. The number of carbonyl (C=O) groups is 2. The third-order valence-electron chi connectivity index (χ3n) is 3.32. The molecule has 1 aliphatic rings. The number of pyridine rings is 1. The lowest BCUT2D eigenvalue weighted by atomic mass is 10.1. The molecule has 0 fully saturated rings. The molecule has 0 bridgehead atoms. The monoisotopic (exact) mass is 287 g/mol. The zero-order chi connectivity index (χ0) is 14.1. The molecule has 3 rings (SSSR count). The Kier molecular flexibility index (Phi) is 3.23. The maximum atomic E-state index is 12.1. The maximum absolute atomic E-state index is 12.1. The van der Waals surface area contributed by atoms with Crippen molar-refractivity contribution in [3.63, 3.8) is 0 Å². The third kappa shape index (κ3) is 2.18. The van der Waals surface area contributed by atoms with E-state index in [-0.39, 0.29) is 5.91 Å². The molecule has 2 heterocycles. The molecule has 6 heteroatoms. The fourth-order valence-corrected chi connectivity index (χ4v) is 3.72. The quantitative estimate of drug-likeness (QED) is 0.905. The number of nitrogens with one attached hydrogen (secondary N) is 1. The van der Waals surface area contributed by atoms with Gasteiger partial charge in [0.15, 0.2) is 0 Å². The van der Waals surface area contributed by atoms with Crippen molar-refractivity contribution in [2.45, 2.75) is 19.3 Å². The van der Waals surface area contributed by atoms with Crippen molar-refractivity contribution in [2.24, 2.45) is 5.73 Å². The lowest BCUT2D eigenvalue weighted by Gasteiger charge is -2.05. The number of thiophene rings is 1. The van der Waals surface area contributed by atoms with Crippen LogP contribution in [-0.2, 0) is 12.8 Å². The highest BCUT2D eigenvalue weighted by atomic mass is 32.1. The van der Waals surface area contributed by atoms with Crippen LogP contribution in [0.2, 0.25) is 0 Å². The van der Waals surface area contributed by atoms with E-state index in [1.807, 2.05) is 0 Å². The molecular weight excluding hydrogens is 274 g/mol. The van der Waals surface area contributed by atoms with Gasteiger partial charge in [-0.25, -0.2) is 0 Å². The van der Waals surface area contributed by atoms with Crippen molar-refractivity contribution in [3.05, 3.63) is 46.1 Å². The van der Waals surface area contributed by atoms with Crippen molar-refractivity contribution >= 4 is 28.2 Å². The Balaban J connectivity index is 1.92. The van der Waals surface area contributed by atoms with Crippen LogP contribution in [0.1, 0.15) is 37.6 Å². The van der Waals surface area contributed by atoms with Gasteiger partial charge in [0.05, 0.1) is 11.1 Å². The molecule has 0 radical (unpaired) electrons. The van der Waals surface area contributed by atoms with E-state index in [2.05, 4.69) is 10.3 Å². The second-order valence-electron chi connectivity index (χ2n) is 4.62. The van der Waals surface area contributed by atoms with Crippen molar-refractivity contribution in [3.8, 4) is 0 Å². The minimum absolute atomic E-state index is 0.277. The number of nitrogens with zero attached hydrogens (tertiary/aromatic N) is 1. The highest BCUT2D eigenvalue weighted by Crippen LogP contribution is 2.38. The number of carbonyl (C=O) groups excluding carboxylic acids is 2.